The largest absolute Gasteiger partial charge is 0.462 e. The fourth-order valence-electron chi connectivity index (χ4n) is 4.85. The average molecular weight is 593 g/mol. The van der Waals surface area contributed by atoms with Gasteiger partial charge in [-0.1, -0.05) is 18.2 Å². The monoisotopic (exact) mass is 592 g/mol. The molecule has 2 aliphatic rings. The summed E-state index contributed by atoms with van der Waals surface area (Å²) >= 11 is 0. The number of nitrogens with zero attached hydrogens (tertiary/aromatic N) is 4. The molecule has 5 rings (SSSR count). The summed E-state index contributed by atoms with van der Waals surface area (Å²) in [6.45, 7) is 3.21. The summed E-state index contributed by atoms with van der Waals surface area (Å²) in [5.74, 6) is -0.126. The SMILES string of the molecule is CN1CCN(Cc2ccc([NH+]=C(O)CNc3ccc(-c4cnc(NC(=O)C5CC5)c(C#N)c4)cc3)cc2C(F)(F)F)CC1. The molecule has 1 saturated carbocycles. The van der Waals surface area contributed by atoms with Crippen molar-refractivity contribution in [1.82, 2.24) is 14.8 Å². The van der Waals surface area contributed by atoms with Crippen LogP contribution in [-0.2, 0) is 17.5 Å². The van der Waals surface area contributed by atoms with Crippen LogP contribution in [0.25, 0.3) is 11.1 Å². The number of benzene rings is 2. The van der Waals surface area contributed by atoms with Crippen LogP contribution in [0.4, 0.5) is 30.4 Å². The van der Waals surface area contributed by atoms with E-state index in [1.807, 2.05) is 24.1 Å². The maximum absolute atomic E-state index is 13.9. The number of piperazine rings is 1. The number of aliphatic hydroxyl groups is 1. The minimum absolute atomic E-state index is 0.00455. The van der Waals surface area contributed by atoms with Crippen molar-refractivity contribution in [3.63, 3.8) is 0 Å². The van der Waals surface area contributed by atoms with Crippen LogP contribution >= 0.6 is 0 Å². The van der Waals surface area contributed by atoms with Gasteiger partial charge >= 0.3 is 12.1 Å². The maximum Gasteiger partial charge on any atom is 0.416 e. The molecule has 0 bridgehead atoms. The fraction of sp³-hybridized carbons (Fsp3) is 0.355. The van der Waals surface area contributed by atoms with Gasteiger partial charge in [0.25, 0.3) is 0 Å². The number of rotatable bonds is 9. The minimum Gasteiger partial charge on any atom is -0.462 e. The van der Waals surface area contributed by atoms with Crippen molar-refractivity contribution in [1.29, 1.82) is 5.26 Å². The summed E-state index contributed by atoms with van der Waals surface area (Å²) in [4.78, 5) is 23.1. The van der Waals surface area contributed by atoms with Gasteiger partial charge in [0.05, 0.1) is 11.1 Å². The predicted octanol–water partition coefficient (Wildman–Crippen LogP) is 3.52. The van der Waals surface area contributed by atoms with Crippen LogP contribution in [0.3, 0.4) is 0 Å². The molecule has 0 atom stereocenters. The zero-order chi connectivity index (χ0) is 30.6. The number of hydrogen-bond acceptors (Lipinski definition) is 6. The third-order valence-electron chi connectivity index (χ3n) is 7.57. The number of aliphatic hydroxyl groups excluding tert-OH is 1. The number of likely N-dealkylation sites (N-methyl/N-ethyl adjacent to an activating group) is 1. The van der Waals surface area contributed by atoms with Crippen LogP contribution in [-0.4, -0.2) is 71.5 Å². The van der Waals surface area contributed by atoms with Gasteiger partial charge in [-0.2, -0.15) is 23.4 Å². The van der Waals surface area contributed by atoms with E-state index in [4.69, 9.17) is 0 Å². The number of anilines is 2. The molecular formula is C31H33F3N7O2+. The van der Waals surface area contributed by atoms with E-state index in [9.17, 15) is 28.3 Å². The average Bonchev–Trinajstić information content (AvgIpc) is 3.84. The lowest BCUT2D eigenvalue weighted by molar-refractivity contribution is -0.366. The van der Waals surface area contributed by atoms with E-state index >= 15 is 0 Å². The van der Waals surface area contributed by atoms with Gasteiger partial charge in [-0.05, 0) is 49.2 Å². The number of hydrogen-bond donors (Lipinski definition) is 4. The number of nitriles is 1. The van der Waals surface area contributed by atoms with E-state index in [0.29, 0.717) is 24.3 Å². The van der Waals surface area contributed by atoms with E-state index in [0.717, 1.165) is 37.6 Å². The number of aromatic nitrogens is 1. The molecule has 2 heterocycles. The Bertz CT molecular complexity index is 1540. The van der Waals surface area contributed by atoms with E-state index in [1.165, 1.54) is 12.1 Å². The Morgan fingerprint density at radius 2 is 1.81 bits per heavy atom. The summed E-state index contributed by atoms with van der Waals surface area (Å²) in [6.07, 6.45) is -1.24. The molecule has 1 aliphatic carbocycles. The smallest absolute Gasteiger partial charge is 0.416 e. The van der Waals surface area contributed by atoms with E-state index in [-0.39, 0.29) is 53.4 Å². The molecule has 0 spiro atoms. The first-order valence-corrected chi connectivity index (χ1v) is 14.1. The molecular weight excluding hydrogens is 559 g/mol. The summed E-state index contributed by atoms with van der Waals surface area (Å²) < 4.78 is 41.6. The summed E-state index contributed by atoms with van der Waals surface area (Å²) in [7, 11) is 2.00. The Kier molecular flexibility index (Phi) is 8.94. The number of alkyl halides is 3. The van der Waals surface area contributed by atoms with Crippen molar-refractivity contribution in [2.75, 3.05) is 50.4 Å². The van der Waals surface area contributed by atoms with Gasteiger partial charge in [0, 0.05) is 68.2 Å². The first kappa shape index (κ1) is 30.0. The number of pyridine rings is 1. The van der Waals surface area contributed by atoms with E-state index in [2.05, 4.69) is 31.6 Å². The Balaban J connectivity index is 1.21. The molecule has 224 valence electrons. The van der Waals surface area contributed by atoms with Crippen molar-refractivity contribution in [2.45, 2.75) is 25.6 Å². The van der Waals surface area contributed by atoms with Crippen LogP contribution in [0.1, 0.15) is 29.5 Å². The number of halogens is 3. The number of carbonyl (C=O) groups excluding carboxylic acids is 1. The highest BCUT2D eigenvalue weighted by Crippen LogP contribution is 2.34. The molecule has 9 nitrogen and oxygen atoms in total. The molecule has 4 N–H and O–H groups in total. The van der Waals surface area contributed by atoms with Gasteiger partial charge in [0.1, 0.15) is 12.6 Å². The second-order valence-electron chi connectivity index (χ2n) is 10.9. The quantitative estimate of drug-likeness (QED) is 0.222. The van der Waals surface area contributed by atoms with Crippen LogP contribution < -0.4 is 15.6 Å². The second-order valence-corrected chi connectivity index (χ2v) is 10.9. The molecule has 0 unspecified atom stereocenters. The van der Waals surface area contributed by atoms with Crippen molar-refractivity contribution < 1.29 is 28.1 Å². The number of nitrogens with one attached hydrogen (secondary N) is 3. The lowest BCUT2D eigenvalue weighted by Crippen LogP contribution is -2.68. The topological polar surface area (TPSA) is 118 Å². The third-order valence-corrected chi connectivity index (χ3v) is 7.57. The van der Waals surface area contributed by atoms with Crippen LogP contribution in [0, 0.1) is 17.2 Å². The van der Waals surface area contributed by atoms with Gasteiger partial charge in [-0.15, -0.1) is 0 Å². The molecule has 1 amide bonds. The summed E-state index contributed by atoms with van der Waals surface area (Å²) in [6, 6.07) is 14.9. The highest BCUT2D eigenvalue weighted by molar-refractivity contribution is 5.94. The molecule has 2 fully saturated rings. The summed E-state index contributed by atoms with van der Waals surface area (Å²) in [5, 5.41) is 25.7. The maximum atomic E-state index is 13.9. The standard InChI is InChI=1S/C31H32F3N7O2/c1-40-10-12-41(13-11-40)19-22-6-9-26(15-27(22)31(32,33)34)38-28(42)18-36-25-7-4-20(5-8-25)24-14-23(16-35)29(37-17-24)39-30(43)21-2-3-21/h4-9,14-15,17,21,36H,2-3,10-13,18-19H2,1H3,(H,38,42)(H,37,39,43)/p+1. The highest BCUT2D eigenvalue weighted by Gasteiger charge is 2.35. The number of amides is 1. The Morgan fingerprint density at radius 1 is 1.09 bits per heavy atom. The molecule has 1 saturated heterocycles. The molecule has 2 aromatic carbocycles. The van der Waals surface area contributed by atoms with Gasteiger partial charge in [-0.25, -0.2) is 4.98 Å². The molecule has 1 aromatic heterocycles. The lowest BCUT2D eigenvalue weighted by atomic mass is 10.0. The Morgan fingerprint density at radius 3 is 2.47 bits per heavy atom. The molecule has 43 heavy (non-hydrogen) atoms. The number of carbonyl (C=O) groups is 1. The zero-order valence-corrected chi connectivity index (χ0v) is 23.7. The van der Waals surface area contributed by atoms with Crippen molar-refractivity contribution in [3.8, 4) is 17.2 Å². The normalized spacial score (nSPS) is 16.5. The fourth-order valence-corrected chi connectivity index (χ4v) is 4.85. The van der Waals surface area contributed by atoms with E-state index in [1.54, 1.807) is 24.4 Å². The Hall–Kier alpha value is -4.47. The Labute approximate surface area is 247 Å². The van der Waals surface area contributed by atoms with Crippen molar-refractivity contribution >= 4 is 29.0 Å². The van der Waals surface area contributed by atoms with Crippen LogP contribution in [0.15, 0.2) is 54.7 Å². The first-order chi connectivity index (χ1) is 20.6. The minimum atomic E-state index is -4.52. The molecule has 12 heteroatoms. The van der Waals surface area contributed by atoms with Gasteiger partial charge in [0.2, 0.25) is 11.6 Å². The van der Waals surface area contributed by atoms with Crippen LogP contribution in [0.5, 0.6) is 0 Å². The van der Waals surface area contributed by atoms with Gasteiger partial charge in [0.15, 0.2) is 5.82 Å². The van der Waals surface area contributed by atoms with Crippen molar-refractivity contribution in [2.24, 2.45) is 5.92 Å². The van der Waals surface area contributed by atoms with Crippen LogP contribution in [0.2, 0.25) is 0 Å². The van der Waals surface area contributed by atoms with E-state index < -0.39 is 11.7 Å². The summed E-state index contributed by atoms with van der Waals surface area (Å²) in [5.41, 5.74) is 2.03. The molecule has 0 radical (unpaired) electrons. The molecule has 1 aliphatic heterocycles. The second kappa shape index (κ2) is 12.8. The predicted molar refractivity (Wildman–Crippen MR) is 157 cm³/mol. The molecule has 3 aromatic rings. The van der Waals surface area contributed by atoms with Gasteiger partial charge in [-0.3, -0.25) is 9.69 Å². The zero-order valence-electron chi connectivity index (χ0n) is 23.7. The highest BCUT2D eigenvalue weighted by atomic mass is 19.4. The van der Waals surface area contributed by atoms with Gasteiger partial charge < -0.3 is 20.6 Å². The van der Waals surface area contributed by atoms with Crippen molar-refractivity contribution in [3.05, 3.63) is 71.4 Å². The lowest BCUT2D eigenvalue weighted by Gasteiger charge is -2.32. The first-order valence-electron chi connectivity index (χ1n) is 14.1. The third kappa shape index (κ3) is 7.88.